The van der Waals surface area contributed by atoms with Crippen LogP contribution >= 0.6 is 0 Å². The number of hydrogen-bond donors (Lipinski definition) is 0. The molecule has 0 aromatic rings. The van der Waals surface area contributed by atoms with Crippen molar-refractivity contribution in [3.05, 3.63) is 26.3 Å². The van der Waals surface area contributed by atoms with Gasteiger partial charge in [0.05, 0.1) is 0 Å². The van der Waals surface area contributed by atoms with Gasteiger partial charge < -0.3 is 47.3 Å². The number of rotatable bonds is 0. The van der Waals surface area contributed by atoms with Crippen LogP contribution in [-0.4, -0.2) is 0 Å². The van der Waals surface area contributed by atoms with Crippen molar-refractivity contribution in [3.8, 4) is 0 Å². The summed E-state index contributed by atoms with van der Waals surface area (Å²) in [7, 11) is 0. The van der Waals surface area contributed by atoms with Crippen molar-refractivity contribution in [1.29, 1.82) is 21.0 Å². The average molecular weight is 294 g/mol. The molecule has 44 valence electrons. The zero-order valence-electron chi connectivity index (χ0n) is 4.14. The molecule has 0 rings (SSSR count). The third-order valence-corrected chi connectivity index (χ3v) is 0. The van der Waals surface area contributed by atoms with Gasteiger partial charge in [0.15, 0.2) is 0 Å². The first-order chi connectivity index (χ1) is 4.00. The molecule has 4 nitrogen and oxygen atoms in total. The molecule has 0 amide bonds. The van der Waals surface area contributed by atoms with E-state index in [0.29, 0.717) is 0 Å². The topological polar surface area (TPSA) is 95.2 Å². The van der Waals surface area contributed by atoms with Gasteiger partial charge in [-0.2, -0.15) is 0 Å². The zero-order valence-corrected chi connectivity index (χ0v) is 6.68. The molecule has 0 saturated heterocycles. The quantitative estimate of drug-likeness (QED) is 0.603. The summed E-state index contributed by atoms with van der Waals surface area (Å²) in [6.45, 7) is 19.0. The molecule has 0 aliphatic heterocycles. The molecule has 0 spiro atoms. The molecule has 0 saturated carbocycles. The van der Waals surface area contributed by atoms with E-state index in [9.17, 15) is 0 Å². The summed E-state index contributed by atoms with van der Waals surface area (Å²) in [5.74, 6) is 0. The van der Waals surface area contributed by atoms with E-state index in [1.54, 1.807) is 0 Å². The maximum Gasteiger partial charge on any atom is 4.00 e. The third-order valence-electron chi connectivity index (χ3n) is 0. The molecule has 0 bridgehead atoms. The van der Waals surface area contributed by atoms with E-state index in [1.807, 2.05) is 0 Å². The molecule has 9 heavy (non-hydrogen) atoms. The van der Waals surface area contributed by atoms with Crippen molar-refractivity contribution in [2.24, 2.45) is 0 Å². The molecule has 0 unspecified atom stereocenters. The van der Waals surface area contributed by atoms with Crippen LogP contribution in [0.2, 0.25) is 0 Å². The maximum atomic E-state index is 6.25. The van der Waals surface area contributed by atoms with Crippen LogP contribution < -0.4 is 0 Å². The van der Waals surface area contributed by atoms with Crippen LogP contribution in [0, 0.1) is 47.3 Å². The monoisotopic (exact) mass is 296 g/mol. The molecule has 0 heterocycles. The summed E-state index contributed by atoms with van der Waals surface area (Å²) in [6, 6.07) is 0. The first kappa shape index (κ1) is 49.0. The Kier molecular flexibility index (Phi) is 571. The zero-order chi connectivity index (χ0) is 8.00. The van der Waals surface area contributed by atoms with Gasteiger partial charge in [-0.3, -0.25) is 0 Å². The van der Waals surface area contributed by atoms with Crippen LogP contribution in [0.4, 0.5) is 0 Å². The van der Waals surface area contributed by atoms with Crippen LogP contribution in [0.1, 0.15) is 0 Å². The maximum absolute atomic E-state index is 6.25. The van der Waals surface area contributed by atoms with E-state index in [0.717, 1.165) is 0 Å². The van der Waals surface area contributed by atoms with Gasteiger partial charge in [0.1, 0.15) is 0 Å². The smallest absolute Gasteiger partial charge is 0.512 e. The Morgan fingerprint density at radius 3 is 0.444 bits per heavy atom. The second-order valence-corrected chi connectivity index (χ2v) is 0. The molecule has 0 aromatic heterocycles. The summed E-state index contributed by atoms with van der Waals surface area (Å²) < 4.78 is 0. The molecule has 0 aliphatic rings. The first-order valence-electron chi connectivity index (χ1n) is 0.894. The van der Waals surface area contributed by atoms with Gasteiger partial charge in [0, 0.05) is 0 Å². The van der Waals surface area contributed by atoms with Crippen LogP contribution in [0.5, 0.6) is 0 Å². The van der Waals surface area contributed by atoms with Gasteiger partial charge in [-0.05, 0) is 0 Å². The van der Waals surface area contributed by atoms with Crippen molar-refractivity contribution in [2.75, 3.05) is 0 Å². The van der Waals surface area contributed by atoms with E-state index in [4.69, 9.17) is 47.3 Å². The van der Waals surface area contributed by atoms with E-state index in [-0.39, 0.29) is 19.8 Å². The molecule has 5 heteroatoms. The average Bonchev–Trinajstić information content (AvgIpc) is 2.03. The van der Waals surface area contributed by atoms with Crippen LogP contribution in [0.25, 0.3) is 0 Å². The first-order valence-corrected chi connectivity index (χ1v) is 0.894. The summed E-state index contributed by atoms with van der Waals surface area (Å²) >= 11 is 0. The van der Waals surface area contributed by atoms with Gasteiger partial charge in [0.2, 0.25) is 0 Å². The Balaban J connectivity index is -0.00000000762. The molecule has 0 atom stereocenters. The second kappa shape index (κ2) is 105. The summed E-state index contributed by atoms with van der Waals surface area (Å²) in [4.78, 5) is 0. The standard InChI is InChI=1S/4CN.Os/c4*1-2;/q4*-1;+4. The Morgan fingerprint density at radius 2 is 0.444 bits per heavy atom. The third kappa shape index (κ3) is 70.7. The van der Waals surface area contributed by atoms with Gasteiger partial charge >= 0.3 is 19.8 Å². The van der Waals surface area contributed by atoms with Crippen molar-refractivity contribution >= 4 is 0 Å². The second-order valence-electron chi connectivity index (χ2n) is 0. The van der Waals surface area contributed by atoms with Crippen molar-refractivity contribution in [1.82, 2.24) is 0 Å². The Hall–Kier alpha value is -1.40. The Labute approximate surface area is 67.6 Å². The fourth-order valence-electron chi connectivity index (χ4n) is 0. The van der Waals surface area contributed by atoms with E-state index in [1.165, 1.54) is 0 Å². The van der Waals surface area contributed by atoms with Crippen LogP contribution in [-0.2, 0) is 19.8 Å². The molecule has 0 radical (unpaired) electrons. The molecule has 0 aromatic carbocycles. The van der Waals surface area contributed by atoms with Crippen molar-refractivity contribution in [2.45, 2.75) is 0 Å². The molecule has 0 N–H and O–H groups in total. The number of hydrogen-bond acceptors (Lipinski definition) is 4. The van der Waals surface area contributed by atoms with E-state index >= 15 is 0 Å². The predicted molar refractivity (Wildman–Crippen MR) is 19.9 cm³/mol. The Bertz CT molecular complexity index is 55.5. The predicted octanol–water partition coefficient (Wildman–Crippen LogP) is 0.383. The molecular formula is C4N4Os. The van der Waals surface area contributed by atoms with E-state index in [2.05, 4.69) is 0 Å². The van der Waals surface area contributed by atoms with E-state index < -0.39 is 0 Å². The summed E-state index contributed by atoms with van der Waals surface area (Å²) in [5, 5.41) is 25.0. The number of nitrogens with zero attached hydrogens (tertiary/aromatic N) is 4. The van der Waals surface area contributed by atoms with Crippen LogP contribution in [0.15, 0.2) is 0 Å². The summed E-state index contributed by atoms with van der Waals surface area (Å²) in [6.07, 6.45) is 0. The van der Waals surface area contributed by atoms with Crippen molar-refractivity contribution in [3.63, 3.8) is 0 Å². The minimum absolute atomic E-state index is 0. The fraction of sp³-hybridized carbons (Fsp3) is 0. The van der Waals surface area contributed by atoms with Crippen molar-refractivity contribution < 1.29 is 19.8 Å². The normalized spacial score (nSPS) is 0.889. The fourth-order valence-corrected chi connectivity index (χ4v) is 0. The largest absolute Gasteiger partial charge is 4.00 e. The SMILES string of the molecule is [C-]#N.[C-]#N.[C-]#N.[C-]#N.[Os+4]. The van der Waals surface area contributed by atoms with Gasteiger partial charge in [-0.15, -0.1) is 0 Å². The molecular weight excluding hydrogens is 294 g/mol. The van der Waals surface area contributed by atoms with Gasteiger partial charge in [0.25, 0.3) is 0 Å². The molecule has 0 aliphatic carbocycles. The van der Waals surface area contributed by atoms with Gasteiger partial charge in [-0.25, -0.2) is 0 Å². The van der Waals surface area contributed by atoms with Crippen LogP contribution in [0.3, 0.4) is 0 Å². The summed E-state index contributed by atoms with van der Waals surface area (Å²) in [5.41, 5.74) is 0. The van der Waals surface area contributed by atoms with Gasteiger partial charge in [-0.1, -0.05) is 0 Å². The minimum Gasteiger partial charge on any atom is -0.512 e. The minimum atomic E-state index is 0. The molecule has 0 fully saturated rings. The Morgan fingerprint density at radius 1 is 0.444 bits per heavy atom.